The van der Waals surface area contributed by atoms with E-state index in [1.165, 1.54) is 69.4 Å². The Bertz CT molecular complexity index is 939. The van der Waals surface area contributed by atoms with Crippen molar-refractivity contribution in [3.05, 3.63) is 56.3 Å². The lowest BCUT2D eigenvalue weighted by atomic mass is 10.0. The first kappa shape index (κ1) is 30.2. The summed E-state index contributed by atoms with van der Waals surface area (Å²) in [6.45, 7) is 8.87. The molecule has 6 nitrogen and oxygen atoms in total. The van der Waals surface area contributed by atoms with Gasteiger partial charge in [-0.3, -0.25) is 10.1 Å². The molecule has 2 rings (SSSR count). The zero-order valence-electron chi connectivity index (χ0n) is 23.0. The first-order valence-electron chi connectivity index (χ1n) is 13.6. The Balaban J connectivity index is 1.46. The highest BCUT2D eigenvalue weighted by atomic mass is 35.5. The van der Waals surface area contributed by atoms with Crippen LogP contribution >= 0.6 is 11.6 Å². The summed E-state index contributed by atoms with van der Waals surface area (Å²) in [6, 6.07) is 7.28. The molecule has 0 amide bonds. The van der Waals surface area contributed by atoms with Crippen molar-refractivity contribution in [2.24, 2.45) is 0 Å². The molecule has 0 spiro atoms. The number of nitrogens with zero attached hydrogens (tertiary/aromatic N) is 2. The van der Waals surface area contributed by atoms with Crippen molar-refractivity contribution in [2.45, 2.75) is 97.4 Å². The van der Waals surface area contributed by atoms with Crippen molar-refractivity contribution < 1.29 is 18.6 Å². The third-order valence-electron chi connectivity index (χ3n) is 6.74. The summed E-state index contributed by atoms with van der Waals surface area (Å²) < 4.78 is 12.2. The van der Waals surface area contributed by atoms with Gasteiger partial charge >= 0.3 is 5.88 Å². The SMILES string of the molecule is Cc1cc(OCCCCCCCCCCCC[N+](C)(C)Cc2ccc([N+](=O)[O-])o2)c(C(C)C)cc1Cl. The fraction of sp³-hybridized carbons (Fsp3) is 0.655. The molecule has 7 heteroatoms. The molecule has 202 valence electrons. The molecule has 0 N–H and O–H groups in total. The van der Waals surface area contributed by atoms with Gasteiger partial charge in [0.1, 0.15) is 17.2 Å². The number of rotatable bonds is 18. The minimum Gasteiger partial charge on any atom is -0.493 e. The van der Waals surface area contributed by atoms with E-state index in [-0.39, 0.29) is 5.88 Å². The van der Waals surface area contributed by atoms with Crippen LogP contribution in [0.15, 0.2) is 28.7 Å². The van der Waals surface area contributed by atoms with Crippen LogP contribution in [0.5, 0.6) is 5.75 Å². The molecule has 0 radical (unpaired) electrons. The van der Waals surface area contributed by atoms with E-state index in [9.17, 15) is 10.1 Å². The van der Waals surface area contributed by atoms with Gasteiger partial charge in [-0.1, -0.05) is 70.4 Å². The minimum absolute atomic E-state index is 0.174. The summed E-state index contributed by atoms with van der Waals surface area (Å²) >= 11 is 6.29. The maximum atomic E-state index is 10.8. The smallest absolute Gasteiger partial charge is 0.433 e. The number of hydrogen-bond acceptors (Lipinski definition) is 4. The van der Waals surface area contributed by atoms with Crippen LogP contribution in [0.25, 0.3) is 0 Å². The third-order valence-corrected chi connectivity index (χ3v) is 7.15. The number of aryl methyl sites for hydroxylation is 1. The molecule has 0 aliphatic heterocycles. The number of nitro groups is 1. The van der Waals surface area contributed by atoms with Gasteiger partial charge in [0.25, 0.3) is 0 Å². The fourth-order valence-electron chi connectivity index (χ4n) is 4.54. The van der Waals surface area contributed by atoms with Crippen molar-refractivity contribution in [2.75, 3.05) is 27.2 Å². The van der Waals surface area contributed by atoms with Crippen LogP contribution in [-0.2, 0) is 6.54 Å². The van der Waals surface area contributed by atoms with Gasteiger partial charge in [0.05, 0.1) is 33.3 Å². The molecule has 0 fully saturated rings. The zero-order valence-corrected chi connectivity index (χ0v) is 23.7. The number of unbranched alkanes of at least 4 members (excludes halogenated alkanes) is 9. The number of ether oxygens (including phenoxy) is 1. The summed E-state index contributed by atoms with van der Waals surface area (Å²) in [6.07, 6.45) is 12.5. The van der Waals surface area contributed by atoms with Crippen LogP contribution in [0, 0.1) is 17.0 Å². The van der Waals surface area contributed by atoms with Crippen LogP contribution in [0.4, 0.5) is 5.88 Å². The fourth-order valence-corrected chi connectivity index (χ4v) is 4.71. The van der Waals surface area contributed by atoms with E-state index in [4.69, 9.17) is 20.8 Å². The molecular weight excluding hydrogens is 476 g/mol. The first-order valence-corrected chi connectivity index (χ1v) is 13.9. The number of quaternary nitrogens is 1. The second-order valence-corrected chi connectivity index (χ2v) is 11.4. The standard InChI is InChI=1S/C29H46ClN2O4/c1-23(2)26-21-27(30)24(3)20-28(26)35-19-15-13-11-9-7-6-8-10-12-14-18-32(4,5)22-25-16-17-29(36-25)31(33)34/h16-17,20-21,23H,6-15,18-19,22H2,1-5H3/q+1. The van der Waals surface area contributed by atoms with Crippen LogP contribution in [0.2, 0.25) is 5.02 Å². The van der Waals surface area contributed by atoms with Gasteiger partial charge in [0, 0.05) is 5.02 Å². The van der Waals surface area contributed by atoms with Gasteiger partial charge in [-0.05, 0) is 61.4 Å². The predicted molar refractivity (Wildman–Crippen MR) is 148 cm³/mol. The average molecular weight is 522 g/mol. The molecule has 0 aliphatic carbocycles. The predicted octanol–water partition coefficient (Wildman–Crippen LogP) is 8.83. The van der Waals surface area contributed by atoms with Gasteiger partial charge in [-0.25, -0.2) is 0 Å². The van der Waals surface area contributed by atoms with E-state index < -0.39 is 4.92 Å². The van der Waals surface area contributed by atoms with Crippen LogP contribution in [0.3, 0.4) is 0 Å². The highest BCUT2D eigenvalue weighted by molar-refractivity contribution is 6.31. The Morgan fingerprint density at radius 3 is 2.11 bits per heavy atom. The quantitative estimate of drug-likeness (QED) is 0.0850. The van der Waals surface area contributed by atoms with E-state index in [2.05, 4.69) is 34.0 Å². The van der Waals surface area contributed by atoms with E-state index in [1.807, 2.05) is 13.0 Å². The van der Waals surface area contributed by atoms with Crippen molar-refractivity contribution in [3.63, 3.8) is 0 Å². The van der Waals surface area contributed by atoms with Gasteiger partial charge < -0.3 is 13.6 Å². The Labute approximate surface area is 222 Å². The summed E-state index contributed by atoms with van der Waals surface area (Å²) in [5, 5.41) is 11.6. The molecule has 36 heavy (non-hydrogen) atoms. The second kappa shape index (κ2) is 15.3. The third kappa shape index (κ3) is 10.9. The van der Waals surface area contributed by atoms with E-state index in [0.29, 0.717) is 18.2 Å². The molecule has 1 aromatic carbocycles. The Morgan fingerprint density at radius 2 is 1.56 bits per heavy atom. The Morgan fingerprint density at radius 1 is 0.972 bits per heavy atom. The van der Waals surface area contributed by atoms with E-state index in [0.717, 1.165) is 40.4 Å². The second-order valence-electron chi connectivity index (χ2n) is 11.0. The van der Waals surface area contributed by atoms with Crippen molar-refractivity contribution in [1.29, 1.82) is 0 Å². The topological polar surface area (TPSA) is 65.5 Å². The number of hydrogen-bond donors (Lipinski definition) is 0. The average Bonchev–Trinajstić information content (AvgIpc) is 3.26. The van der Waals surface area contributed by atoms with Crippen LogP contribution in [-0.4, -0.2) is 36.7 Å². The summed E-state index contributed by atoms with van der Waals surface area (Å²) in [5.41, 5.74) is 2.26. The number of benzene rings is 1. The van der Waals surface area contributed by atoms with Gasteiger partial charge in [-0.15, -0.1) is 0 Å². The normalized spacial score (nSPS) is 11.9. The highest BCUT2D eigenvalue weighted by Crippen LogP contribution is 2.32. The number of furan rings is 1. The lowest BCUT2D eigenvalue weighted by molar-refractivity contribution is -0.904. The molecule has 2 aromatic rings. The molecule has 0 saturated carbocycles. The molecule has 1 aromatic heterocycles. The first-order chi connectivity index (χ1) is 17.1. The van der Waals surface area contributed by atoms with Crippen molar-refractivity contribution in [1.82, 2.24) is 0 Å². The molecule has 0 atom stereocenters. The molecule has 0 unspecified atom stereocenters. The molecular formula is C29H46ClN2O4+. The van der Waals surface area contributed by atoms with Crippen molar-refractivity contribution >= 4 is 17.5 Å². The monoisotopic (exact) mass is 521 g/mol. The summed E-state index contributed by atoms with van der Waals surface area (Å²) in [7, 11) is 4.30. The number of halogens is 1. The lowest BCUT2D eigenvalue weighted by Gasteiger charge is -2.28. The zero-order chi connectivity index (χ0) is 26.6. The molecule has 0 bridgehead atoms. The highest BCUT2D eigenvalue weighted by Gasteiger charge is 2.20. The Kier molecular flexibility index (Phi) is 12.8. The molecule has 0 aliphatic rings. The minimum atomic E-state index is -0.482. The molecule has 0 saturated heterocycles. The van der Waals surface area contributed by atoms with Gasteiger partial charge in [-0.2, -0.15) is 0 Å². The van der Waals surface area contributed by atoms with Crippen molar-refractivity contribution in [3.8, 4) is 5.75 Å². The van der Waals surface area contributed by atoms with Crippen LogP contribution in [0.1, 0.15) is 101 Å². The molecule has 1 heterocycles. The summed E-state index contributed by atoms with van der Waals surface area (Å²) in [4.78, 5) is 10.3. The Hall–Kier alpha value is -2.05. The maximum absolute atomic E-state index is 10.8. The van der Waals surface area contributed by atoms with Gasteiger partial charge in [0.2, 0.25) is 0 Å². The van der Waals surface area contributed by atoms with E-state index in [1.54, 1.807) is 6.07 Å². The van der Waals surface area contributed by atoms with Crippen LogP contribution < -0.4 is 4.74 Å². The van der Waals surface area contributed by atoms with E-state index >= 15 is 0 Å². The summed E-state index contributed by atoms with van der Waals surface area (Å²) in [5.74, 6) is 1.89. The van der Waals surface area contributed by atoms with Gasteiger partial charge in [0.15, 0.2) is 5.76 Å². The maximum Gasteiger partial charge on any atom is 0.433 e. The largest absolute Gasteiger partial charge is 0.493 e. The lowest BCUT2D eigenvalue weighted by Crippen LogP contribution is -2.39.